The van der Waals surface area contributed by atoms with Crippen molar-refractivity contribution in [2.75, 3.05) is 5.32 Å². The van der Waals surface area contributed by atoms with E-state index in [0.29, 0.717) is 17.3 Å². The second-order valence-corrected chi connectivity index (χ2v) is 6.42. The summed E-state index contributed by atoms with van der Waals surface area (Å²) in [6.45, 7) is 2.08. The molecule has 0 fully saturated rings. The average Bonchev–Trinajstić information content (AvgIpc) is 3.23. The van der Waals surface area contributed by atoms with Crippen molar-refractivity contribution in [2.45, 2.75) is 19.4 Å². The smallest absolute Gasteiger partial charge is 0.247 e. The van der Waals surface area contributed by atoms with E-state index in [2.05, 4.69) is 22.4 Å². The van der Waals surface area contributed by atoms with E-state index in [1.165, 1.54) is 6.07 Å². The first kappa shape index (κ1) is 17.9. The van der Waals surface area contributed by atoms with Crippen molar-refractivity contribution < 1.29 is 8.81 Å². The summed E-state index contributed by atoms with van der Waals surface area (Å²) in [5.41, 5.74) is 3.32. The van der Waals surface area contributed by atoms with Crippen LogP contribution in [0.2, 0.25) is 0 Å². The second-order valence-electron chi connectivity index (χ2n) is 6.42. The summed E-state index contributed by atoms with van der Waals surface area (Å²) in [6.07, 6.45) is 0.853. The maximum atomic E-state index is 14.6. The molecule has 0 aliphatic rings. The van der Waals surface area contributed by atoms with Gasteiger partial charge in [-0.2, -0.15) is 0 Å². The van der Waals surface area contributed by atoms with Crippen molar-refractivity contribution >= 4 is 5.69 Å². The molecule has 0 aliphatic heterocycles. The SMILES string of the molecule is CCc1ccccc1N[C@@H](c1nnc(-c2ccccc2)o1)c1ccccc1F. The monoisotopic (exact) mass is 373 g/mol. The summed E-state index contributed by atoms with van der Waals surface area (Å²) in [6, 6.07) is 23.5. The lowest BCUT2D eigenvalue weighted by atomic mass is 10.0. The van der Waals surface area contributed by atoms with Gasteiger partial charge in [-0.05, 0) is 36.2 Å². The molecule has 1 aromatic heterocycles. The normalized spacial score (nSPS) is 11.9. The summed E-state index contributed by atoms with van der Waals surface area (Å²) >= 11 is 0. The molecule has 1 atom stereocenters. The highest BCUT2D eigenvalue weighted by Gasteiger charge is 2.24. The molecule has 1 N–H and O–H groups in total. The summed E-state index contributed by atoms with van der Waals surface area (Å²) in [7, 11) is 0. The molecule has 4 rings (SSSR count). The first-order valence-corrected chi connectivity index (χ1v) is 9.24. The van der Waals surface area contributed by atoms with Crippen molar-refractivity contribution in [3.63, 3.8) is 0 Å². The number of hydrogen-bond donors (Lipinski definition) is 1. The number of halogens is 1. The van der Waals surface area contributed by atoms with Gasteiger partial charge in [0.25, 0.3) is 0 Å². The number of para-hydroxylation sites is 1. The van der Waals surface area contributed by atoms with Crippen molar-refractivity contribution in [3.05, 3.63) is 102 Å². The van der Waals surface area contributed by atoms with Crippen LogP contribution in [0.3, 0.4) is 0 Å². The Balaban J connectivity index is 1.76. The van der Waals surface area contributed by atoms with Crippen LogP contribution >= 0.6 is 0 Å². The van der Waals surface area contributed by atoms with Gasteiger partial charge in [-0.25, -0.2) is 4.39 Å². The van der Waals surface area contributed by atoms with Gasteiger partial charge >= 0.3 is 0 Å². The van der Waals surface area contributed by atoms with E-state index in [1.807, 2.05) is 54.6 Å². The van der Waals surface area contributed by atoms with Gasteiger partial charge in [0.05, 0.1) is 0 Å². The fourth-order valence-corrected chi connectivity index (χ4v) is 3.16. The number of rotatable bonds is 6. The molecule has 0 bridgehead atoms. The molecular weight excluding hydrogens is 353 g/mol. The molecule has 4 aromatic rings. The molecule has 0 amide bonds. The van der Waals surface area contributed by atoms with Gasteiger partial charge in [0.1, 0.15) is 11.9 Å². The maximum Gasteiger partial charge on any atom is 0.247 e. The third-order valence-corrected chi connectivity index (χ3v) is 4.62. The van der Waals surface area contributed by atoms with Crippen LogP contribution in [0, 0.1) is 5.82 Å². The molecule has 5 heteroatoms. The van der Waals surface area contributed by atoms with E-state index in [1.54, 1.807) is 18.2 Å². The van der Waals surface area contributed by atoms with Gasteiger partial charge in [0.2, 0.25) is 11.8 Å². The standard InChI is InChI=1S/C23H20FN3O/c1-2-16-10-6-9-15-20(16)25-21(18-13-7-8-14-19(18)24)23-27-26-22(28-23)17-11-4-3-5-12-17/h3-15,21,25H,2H2,1H3/t21-/m1/s1. The van der Waals surface area contributed by atoms with Crippen molar-refractivity contribution in [2.24, 2.45) is 0 Å². The molecule has 4 nitrogen and oxygen atoms in total. The molecular formula is C23H20FN3O. The fraction of sp³-hybridized carbons (Fsp3) is 0.130. The highest BCUT2D eigenvalue weighted by Crippen LogP contribution is 2.31. The molecule has 0 saturated heterocycles. The number of anilines is 1. The van der Waals surface area contributed by atoms with Crippen molar-refractivity contribution in [1.29, 1.82) is 0 Å². The van der Waals surface area contributed by atoms with Gasteiger partial charge < -0.3 is 9.73 Å². The molecule has 0 spiro atoms. The number of nitrogens with one attached hydrogen (secondary N) is 1. The quantitative estimate of drug-likeness (QED) is 0.475. The lowest BCUT2D eigenvalue weighted by Crippen LogP contribution is -2.15. The molecule has 1 heterocycles. The van der Waals surface area contributed by atoms with E-state index in [0.717, 1.165) is 23.2 Å². The predicted molar refractivity (Wildman–Crippen MR) is 107 cm³/mol. The minimum absolute atomic E-state index is 0.315. The van der Waals surface area contributed by atoms with Crippen LogP contribution < -0.4 is 5.32 Å². The van der Waals surface area contributed by atoms with Crippen molar-refractivity contribution in [1.82, 2.24) is 10.2 Å². The third-order valence-electron chi connectivity index (χ3n) is 4.62. The maximum absolute atomic E-state index is 14.6. The fourth-order valence-electron chi connectivity index (χ4n) is 3.16. The Hall–Kier alpha value is -3.47. The zero-order valence-electron chi connectivity index (χ0n) is 15.5. The minimum Gasteiger partial charge on any atom is -0.418 e. The Morgan fingerprint density at radius 3 is 2.39 bits per heavy atom. The number of hydrogen-bond acceptors (Lipinski definition) is 4. The van der Waals surface area contributed by atoms with Crippen LogP contribution in [0.1, 0.15) is 30.0 Å². The Kier molecular flexibility index (Phi) is 5.15. The lowest BCUT2D eigenvalue weighted by Gasteiger charge is -2.19. The van der Waals surface area contributed by atoms with Gasteiger partial charge in [-0.1, -0.05) is 61.5 Å². The molecule has 140 valence electrons. The number of aromatic nitrogens is 2. The summed E-state index contributed by atoms with van der Waals surface area (Å²) in [5.74, 6) is 0.394. The first-order valence-electron chi connectivity index (χ1n) is 9.24. The molecule has 3 aromatic carbocycles. The zero-order chi connectivity index (χ0) is 19.3. The van der Waals surface area contributed by atoms with Crippen LogP contribution in [-0.2, 0) is 6.42 Å². The predicted octanol–water partition coefficient (Wildman–Crippen LogP) is 5.64. The number of benzene rings is 3. The number of nitrogens with zero attached hydrogens (tertiary/aromatic N) is 2. The van der Waals surface area contributed by atoms with Crippen LogP contribution in [0.4, 0.5) is 10.1 Å². The summed E-state index contributed by atoms with van der Waals surface area (Å²) in [5, 5.41) is 11.8. The largest absolute Gasteiger partial charge is 0.418 e. The molecule has 0 saturated carbocycles. The highest BCUT2D eigenvalue weighted by molar-refractivity contribution is 5.55. The second kappa shape index (κ2) is 8.05. The van der Waals surface area contributed by atoms with Crippen LogP contribution in [0.5, 0.6) is 0 Å². The topological polar surface area (TPSA) is 51.0 Å². The summed E-state index contributed by atoms with van der Waals surface area (Å²) in [4.78, 5) is 0. The minimum atomic E-state index is -0.598. The van der Waals surface area contributed by atoms with Gasteiger partial charge in [0.15, 0.2) is 0 Å². The van der Waals surface area contributed by atoms with E-state index >= 15 is 0 Å². The van der Waals surface area contributed by atoms with Gasteiger partial charge in [-0.3, -0.25) is 0 Å². The Morgan fingerprint density at radius 2 is 1.61 bits per heavy atom. The van der Waals surface area contributed by atoms with Gasteiger partial charge in [0, 0.05) is 16.8 Å². The van der Waals surface area contributed by atoms with Crippen LogP contribution in [0.15, 0.2) is 83.3 Å². The molecule has 0 unspecified atom stereocenters. The highest BCUT2D eigenvalue weighted by atomic mass is 19.1. The van der Waals surface area contributed by atoms with Crippen molar-refractivity contribution in [3.8, 4) is 11.5 Å². The Labute approximate surface area is 163 Å². The number of aryl methyl sites for hydroxylation is 1. The third kappa shape index (κ3) is 3.64. The van der Waals surface area contributed by atoms with E-state index in [9.17, 15) is 4.39 Å². The summed E-state index contributed by atoms with van der Waals surface area (Å²) < 4.78 is 20.5. The molecule has 0 aliphatic carbocycles. The Morgan fingerprint density at radius 1 is 0.893 bits per heavy atom. The molecule has 0 radical (unpaired) electrons. The average molecular weight is 373 g/mol. The van der Waals surface area contributed by atoms with E-state index < -0.39 is 6.04 Å². The van der Waals surface area contributed by atoms with Crippen LogP contribution in [0.25, 0.3) is 11.5 Å². The lowest BCUT2D eigenvalue weighted by molar-refractivity contribution is 0.485. The van der Waals surface area contributed by atoms with Crippen LogP contribution in [-0.4, -0.2) is 10.2 Å². The van der Waals surface area contributed by atoms with Gasteiger partial charge in [-0.15, -0.1) is 10.2 Å². The zero-order valence-corrected chi connectivity index (χ0v) is 15.5. The molecule has 28 heavy (non-hydrogen) atoms. The first-order chi connectivity index (χ1) is 13.8. The van der Waals surface area contributed by atoms with E-state index in [4.69, 9.17) is 4.42 Å². The van der Waals surface area contributed by atoms with E-state index in [-0.39, 0.29) is 5.82 Å². The Bertz CT molecular complexity index is 1060.